The van der Waals surface area contributed by atoms with Gasteiger partial charge < -0.3 is 9.57 Å². The van der Waals surface area contributed by atoms with E-state index in [1.54, 1.807) is 37.3 Å². The van der Waals surface area contributed by atoms with Crippen LogP contribution in [0.1, 0.15) is 22.8 Å². The van der Waals surface area contributed by atoms with Gasteiger partial charge in [0, 0.05) is 6.08 Å². The fourth-order valence-corrected chi connectivity index (χ4v) is 2.75. The predicted molar refractivity (Wildman–Crippen MR) is 103 cm³/mol. The molecule has 0 bridgehead atoms. The van der Waals surface area contributed by atoms with E-state index in [4.69, 9.17) is 15.0 Å². The second-order valence-electron chi connectivity index (χ2n) is 6.29. The van der Waals surface area contributed by atoms with Crippen LogP contribution in [0.25, 0.3) is 6.08 Å². The summed E-state index contributed by atoms with van der Waals surface area (Å²) >= 11 is 0. The third kappa shape index (κ3) is 3.68. The van der Waals surface area contributed by atoms with Crippen LogP contribution >= 0.6 is 0 Å². The smallest absolute Gasteiger partial charge is 0.343 e. The van der Waals surface area contributed by atoms with Crippen LogP contribution in [-0.4, -0.2) is 28.6 Å². The van der Waals surface area contributed by atoms with E-state index in [9.17, 15) is 14.0 Å². The fraction of sp³-hybridized carbons (Fsp3) is 0.0476. The fourth-order valence-electron chi connectivity index (χ4n) is 2.75. The number of fused-ring (bicyclic) bond motifs is 1. The summed E-state index contributed by atoms with van der Waals surface area (Å²) in [6.45, 7) is 1.70. The van der Waals surface area contributed by atoms with Crippen molar-refractivity contribution in [3.8, 4) is 5.75 Å². The van der Waals surface area contributed by atoms with Crippen molar-refractivity contribution in [1.82, 2.24) is 5.06 Å². The van der Waals surface area contributed by atoms with Crippen molar-refractivity contribution in [2.24, 2.45) is 4.99 Å². The lowest BCUT2D eigenvalue weighted by Crippen LogP contribution is -2.38. The molecule has 0 unspecified atom stereocenters. The second-order valence-corrected chi connectivity index (χ2v) is 6.29. The van der Waals surface area contributed by atoms with Gasteiger partial charge in [0.25, 0.3) is 5.91 Å². The Morgan fingerprint density at radius 3 is 2.55 bits per heavy atom. The third-order valence-corrected chi connectivity index (χ3v) is 4.16. The number of allylic oxidation sites excluding steroid dienone is 1. The van der Waals surface area contributed by atoms with E-state index in [0.717, 1.165) is 0 Å². The van der Waals surface area contributed by atoms with E-state index in [2.05, 4.69) is 4.99 Å². The molecule has 0 saturated carbocycles. The Bertz CT molecular complexity index is 1120. The van der Waals surface area contributed by atoms with Crippen LogP contribution in [0.15, 0.2) is 70.9 Å². The zero-order chi connectivity index (χ0) is 20.5. The molecule has 2 heterocycles. The summed E-state index contributed by atoms with van der Waals surface area (Å²) < 4.78 is 18.2. The van der Waals surface area contributed by atoms with Crippen molar-refractivity contribution in [3.05, 3.63) is 82.9 Å². The van der Waals surface area contributed by atoms with Gasteiger partial charge in [-0.3, -0.25) is 10.2 Å². The van der Waals surface area contributed by atoms with E-state index in [-0.39, 0.29) is 28.6 Å². The number of benzene rings is 2. The van der Waals surface area contributed by atoms with E-state index in [0.29, 0.717) is 11.3 Å². The molecule has 4 rings (SSSR count). The zero-order valence-corrected chi connectivity index (χ0v) is 15.2. The number of rotatable bonds is 3. The Hall–Kier alpha value is -4.07. The number of amides is 1. The molecule has 1 N–H and O–H groups in total. The number of ether oxygens (including phenoxy) is 1. The zero-order valence-electron chi connectivity index (χ0n) is 15.2. The monoisotopic (exact) mass is 391 g/mol. The topological polar surface area (TPSA) is 92.0 Å². The lowest BCUT2D eigenvalue weighted by Gasteiger charge is -2.22. The number of aliphatic imine (C=N–C) groups is 1. The Morgan fingerprint density at radius 2 is 1.86 bits per heavy atom. The first kappa shape index (κ1) is 18.3. The summed E-state index contributed by atoms with van der Waals surface area (Å²) in [5.41, 5.74) is 0.914. The largest absolute Gasteiger partial charge is 0.423 e. The van der Waals surface area contributed by atoms with E-state index in [1.807, 2.05) is 0 Å². The van der Waals surface area contributed by atoms with Gasteiger partial charge in [-0.2, -0.15) is 4.99 Å². The molecule has 0 spiro atoms. The van der Waals surface area contributed by atoms with Crippen molar-refractivity contribution in [2.75, 3.05) is 0 Å². The van der Waals surface area contributed by atoms with Gasteiger partial charge in [0.1, 0.15) is 17.3 Å². The van der Waals surface area contributed by atoms with E-state index < -0.39 is 17.7 Å². The Balaban J connectivity index is 1.50. The molecule has 0 saturated heterocycles. The highest BCUT2D eigenvalue weighted by molar-refractivity contribution is 6.32. The maximum Gasteiger partial charge on any atom is 0.343 e. The number of hydrogen-bond donors (Lipinski definition) is 1. The lowest BCUT2D eigenvalue weighted by atomic mass is 10.1. The molecule has 0 fully saturated rings. The normalized spacial score (nSPS) is 16.9. The number of nitrogens with zero attached hydrogens (tertiary/aromatic N) is 2. The minimum Gasteiger partial charge on any atom is -0.423 e. The van der Waals surface area contributed by atoms with Crippen LogP contribution in [-0.2, 0) is 9.63 Å². The maximum absolute atomic E-state index is 12.9. The average molecular weight is 391 g/mol. The predicted octanol–water partition coefficient (Wildman–Crippen LogP) is 3.50. The van der Waals surface area contributed by atoms with Crippen molar-refractivity contribution in [2.45, 2.75) is 6.92 Å². The highest BCUT2D eigenvalue weighted by Gasteiger charge is 2.34. The molecule has 29 heavy (non-hydrogen) atoms. The molecule has 0 aromatic heterocycles. The molecule has 8 heteroatoms. The van der Waals surface area contributed by atoms with Crippen molar-refractivity contribution in [1.29, 1.82) is 5.41 Å². The number of amidine groups is 2. The maximum atomic E-state index is 12.9. The average Bonchev–Trinajstić information content (AvgIpc) is 3.07. The first-order valence-corrected chi connectivity index (χ1v) is 8.58. The first-order chi connectivity index (χ1) is 13.9. The molecule has 0 aliphatic carbocycles. The minimum atomic E-state index is -0.615. The molecule has 144 valence electrons. The van der Waals surface area contributed by atoms with Gasteiger partial charge in [0.2, 0.25) is 0 Å². The van der Waals surface area contributed by atoms with E-state index in [1.165, 1.54) is 35.4 Å². The van der Waals surface area contributed by atoms with Gasteiger partial charge >= 0.3 is 5.97 Å². The standard InChI is InChI=1S/C21H14FN3O4/c1-12-10-18-24-20(26)17(19(23)25(18)29-12)11-13-2-8-16(9-3-13)28-21(27)14-4-6-15(22)7-5-14/h2-11,23H,1H3/b17-11+,23-19?. The summed E-state index contributed by atoms with van der Waals surface area (Å²) in [5, 5.41) is 9.37. The van der Waals surface area contributed by atoms with Gasteiger partial charge in [0.05, 0.1) is 11.1 Å². The molecular weight excluding hydrogens is 377 g/mol. The molecule has 2 aromatic carbocycles. The van der Waals surface area contributed by atoms with Crippen molar-refractivity contribution < 1.29 is 23.6 Å². The molecule has 1 amide bonds. The van der Waals surface area contributed by atoms with Crippen LogP contribution in [0.5, 0.6) is 5.75 Å². The summed E-state index contributed by atoms with van der Waals surface area (Å²) in [5.74, 6) is -0.607. The molecule has 2 aliphatic heterocycles. The molecular formula is C21H14FN3O4. The Morgan fingerprint density at radius 1 is 1.17 bits per heavy atom. The third-order valence-electron chi connectivity index (χ3n) is 4.16. The molecule has 0 atom stereocenters. The number of nitrogens with one attached hydrogen (secondary N) is 1. The van der Waals surface area contributed by atoms with Crippen LogP contribution in [0, 0.1) is 11.2 Å². The molecule has 2 aliphatic rings. The molecule has 0 radical (unpaired) electrons. The second kappa shape index (κ2) is 7.16. The highest BCUT2D eigenvalue weighted by Crippen LogP contribution is 2.24. The highest BCUT2D eigenvalue weighted by atomic mass is 19.1. The Labute approximate surface area is 164 Å². The van der Waals surface area contributed by atoms with Gasteiger partial charge in [-0.1, -0.05) is 12.1 Å². The number of carbonyl (C=O) groups excluding carboxylic acids is 2. The molecule has 7 nitrogen and oxygen atoms in total. The van der Waals surface area contributed by atoms with Crippen LogP contribution in [0.3, 0.4) is 0 Å². The lowest BCUT2D eigenvalue weighted by molar-refractivity contribution is -0.114. The van der Waals surface area contributed by atoms with Gasteiger partial charge in [-0.05, 0) is 55.0 Å². The number of carbonyl (C=O) groups is 2. The number of hydrogen-bond acceptors (Lipinski definition) is 5. The number of hydroxylamine groups is 2. The van der Waals surface area contributed by atoms with Gasteiger partial charge in [0.15, 0.2) is 11.7 Å². The quantitative estimate of drug-likeness (QED) is 0.491. The molecule has 2 aromatic rings. The van der Waals surface area contributed by atoms with Crippen molar-refractivity contribution in [3.63, 3.8) is 0 Å². The van der Waals surface area contributed by atoms with Gasteiger partial charge in [-0.25, -0.2) is 9.18 Å². The number of halogens is 1. The van der Waals surface area contributed by atoms with Crippen LogP contribution in [0.4, 0.5) is 4.39 Å². The number of esters is 1. The van der Waals surface area contributed by atoms with Crippen LogP contribution in [0.2, 0.25) is 0 Å². The summed E-state index contributed by atoms with van der Waals surface area (Å²) in [7, 11) is 0. The van der Waals surface area contributed by atoms with E-state index >= 15 is 0 Å². The Kier molecular flexibility index (Phi) is 4.52. The minimum absolute atomic E-state index is 0.0768. The van der Waals surface area contributed by atoms with Crippen molar-refractivity contribution >= 4 is 29.6 Å². The van der Waals surface area contributed by atoms with Crippen LogP contribution < -0.4 is 4.74 Å². The SMILES string of the molecule is CC1=CC2=NC(=O)/C(=C/c3ccc(OC(=O)c4ccc(F)cc4)cc3)C(=N)N2O1. The summed E-state index contributed by atoms with van der Waals surface area (Å²) in [6, 6.07) is 11.4. The summed E-state index contributed by atoms with van der Waals surface area (Å²) in [4.78, 5) is 33.6. The summed E-state index contributed by atoms with van der Waals surface area (Å²) in [6.07, 6.45) is 3.08. The first-order valence-electron chi connectivity index (χ1n) is 8.58. The van der Waals surface area contributed by atoms with Gasteiger partial charge in [-0.15, -0.1) is 5.06 Å².